The summed E-state index contributed by atoms with van der Waals surface area (Å²) >= 11 is 2.06. The van der Waals surface area contributed by atoms with Gasteiger partial charge in [0.15, 0.2) is 0 Å². The van der Waals surface area contributed by atoms with Gasteiger partial charge in [-0.15, -0.1) is 0 Å². The SMILES string of the molecule is CCCC1NC2(CC2)C(=O)N1CC1CCSCC1. The van der Waals surface area contributed by atoms with Crippen LogP contribution in [0.15, 0.2) is 0 Å². The second kappa shape index (κ2) is 5.04. The van der Waals surface area contributed by atoms with Gasteiger partial charge in [0.1, 0.15) is 0 Å². The molecular formula is C14H24N2OS. The van der Waals surface area contributed by atoms with E-state index >= 15 is 0 Å². The first-order chi connectivity index (χ1) is 8.75. The molecule has 1 amide bonds. The molecule has 0 aromatic rings. The number of nitrogens with zero attached hydrogens (tertiary/aromatic N) is 1. The first-order valence-corrected chi connectivity index (χ1v) is 8.57. The molecule has 3 fully saturated rings. The van der Waals surface area contributed by atoms with Gasteiger partial charge >= 0.3 is 0 Å². The molecule has 1 aliphatic carbocycles. The molecule has 2 aliphatic heterocycles. The number of rotatable bonds is 4. The summed E-state index contributed by atoms with van der Waals surface area (Å²) in [5.41, 5.74) is -0.122. The van der Waals surface area contributed by atoms with Crippen molar-refractivity contribution in [2.24, 2.45) is 5.92 Å². The molecule has 18 heavy (non-hydrogen) atoms. The fourth-order valence-corrected chi connectivity index (χ4v) is 4.48. The second-order valence-electron chi connectivity index (χ2n) is 6.04. The molecule has 2 saturated heterocycles. The van der Waals surface area contributed by atoms with Crippen molar-refractivity contribution in [1.82, 2.24) is 10.2 Å². The van der Waals surface area contributed by atoms with E-state index < -0.39 is 0 Å². The molecule has 1 spiro atoms. The molecule has 1 atom stereocenters. The van der Waals surface area contributed by atoms with Gasteiger partial charge in [0.2, 0.25) is 5.91 Å². The van der Waals surface area contributed by atoms with Crippen LogP contribution < -0.4 is 5.32 Å². The van der Waals surface area contributed by atoms with Crippen molar-refractivity contribution in [2.45, 2.75) is 57.2 Å². The van der Waals surface area contributed by atoms with Crippen LogP contribution in [0, 0.1) is 5.92 Å². The Morgan fingerprint density at radius 3 is 2.72 bits per heavy atom. The number of thioether (sulfide) groups is 1. The molecule has 1 unspecified atom stereocenters. The largest absolute Gasteiger partial charge is 0.325 e. The minimum Gasteiger partial charge on any atom is -0.325 e. The Balaban J connectivity index is 1.65. The number of hydrogen-bond donors (Lipinski definition) is 1. The van der Waals surface area contributed by atoms with Gasteiger partial charge in [0, 0.05) is 6.54 Å². The molecule has 3 nitrogen and oxygen atoms in total. The zero-order chi connectivity index (χ0) is 12.6. The van der Waals surface area contributed by atoms with Crippen LogP contribution in [0.5, 0.6) is 0 Å². The van der Waals surface area contributed by atoms with Gasteiger partial charge in [0.05, 0.1) is 11.7 Å². The molecule has 3 aliphatic rings. The highest BCUT2D eigenvalue weighted by Gasteiger charge is 2.58. The van der Waals surface area contributed by atoms with Crippen LogP contribution in [0.4, 0.5) is 0 Å². The molecule has 4 heteroatoms. The van der Waals surface area contributed by atoms with E-state index in [1.807, 2.05) is 0 Å². The molecule has 3 rings (SSSR count). The number of nitrogens with one attached hydrogen (secondary N) is 1. The smallest absolute Gasteiger partial charge is 0.244 e. The van der Waals surface area contributed by atoms with Gasteiger partial charge in [-0.05, 0) is 49.5 Å². The van der Waals surface area contributed by atoms with Crippen molar-refractivity contribution in [3.8, 4) is 0 Å². The zero-order valence-electron chi connectivity index (χ0n) is 11.3. The van der Waals surface area contributed by atoms with E-state index in [0.29, 0.717) is 12.1 Å². The lowest BCUT2D eigenvalue weighted by Crippen LogP contribution is -2.41. The number of carbonyl (C=O) groups excluding carboxylic acids is 1. The number of hydrogen-bond acceptors (Lipinski definition) is 3. The summed E-state index contributed by atoms with van der Waals surface area (Å²) in [5, 5.41) is 3.60. The van der Waals surface area contributed by atoms with E-state index in [0.717, 1.165) is 38.1 Å². The highest BCUT2D eigenvalue weighted by molar-refractivity contribution is 7.99. The average Bonchev–Trinajstić information content (AvgIpc) is 3.12. The summed E-state index contributed by atoms with van der Waals surface area (Å²) < 4.78 is 0. The fourth-order valence-electron chi connectivity index (χ4n) is 3.28. The summed E-state index contributed by atoms with van der Waals surface area (Å²) in [7, 11) is 0. The summed E-state index contributed by atoms with van der Waals surface area (Å²) in [5.74, 6) is 3.71. The third-order valence-corrected chi connectivity index (χ3v) is 5.65. The number of carbonyl (C=O) groups is 1. The van der Waals surface area contributed by atoms with Crippen molar-refractivity contribution in [3.05, 3.63) is 0 Å². The van der Waals surface area contributed by atoms with Crippen LogP contribution >= 0.6 is 11.8 Å². The normalized spacial score (nSPS) is 31.3. The van der Waals surface area contributed by atoms with E-state index in [9.17, 15) is 4.79 Å². The fraction of sp³-hybridized carbons (Fsp3) is 0.929. The van der Waals surface area contributed by atoms with E-state index in [-0.39, 0.29) is 5.54 Å². The van der Waals surface area contributed by atoms with Gasteiger partial charge < -0.3 is 4.90 Å². The highest BCUT2D eigenvalue weighted by atomic mass is 32.2. The lowest BCUT2D eigenvalue weighted by atomic mass is 10.0. The predicted octanol–water partition coefficient (Wildman–Crippen LogP) is 2.22. The monoisotopic (exact) mass is 268 g/mol. The van der Waals surface area contributed by atoms with Gasteiger partial charge in [-0.3, -0.25) is 10.1 Å². The Morgan fingerprint density at radius 1 is 1.39 bits per heavy atom. The van der Waals surface area contributed by atoms with Gasteiger partial charge in [-0.25, -0.2) is 0 Å². The summed E-state index contributed by atoms with van der Waals surface area (Å²) in [6.07, 6.45) is 7.28. The van der Waals surface area contributed by atoms with E-state index in [1.54, 1.807) is 0 Å². The van der Waals surface area contributed by atoms with E-state index in [2.05, 4.69) is 28.9 Å². The maximum absolute atomic E-state index is 12.5. The Bertz CT molecular complexity index is 324. The van der Waals surface area contributed by atoms with Crippen LogP contribution in [0.25, 0.3) is 0 Å². The quantitative estimate of drug-likeness (QED) is 0.848. The van der Waals surface area contributed by atoms with Crippen LogP contribution in [-0.4, -0.2) is 40.6 Å². The van der Waals surface area contributed by atoms with Crippen molar-refractivity contribution >= 4 is 17.7 Å². The van der Waals surface area contributed by atoms with Gasteiger partial charge in [-0.2, -0.15) is 11.8 Å². The van der Waals surface area contributed by atoms with E-state index in [4.69, 9.17) is 0 Å². The summed E-state index contributed by atoms with van der Waals surface area (Å²) in [6, 6.07) is 0. The Morgan fingerprint density at radius 2 is 2.11 bits per heavy atom. The molecule has 0 aromatic heterocycles. The third-order valence-electron chi connectivity index (χ3n) is 4.60. The maximum Gasteiger partial charge on any atom is 0.244 e. The summed E-state index contributed by atoms with van der Waals surface area (Å²) in [4.78, 5) is 14.7. The minimum absolute atomic E-state index is 0.122. The third kappa shape index (κ3) is 2.29. The molecule has 0 bridgehead atoms. The standard InChI is InChI=1S/C14H24N2OS/c1-2-3-12-15-14(6-7-14)13(17)16(12)10-11-4-8-18-9-5-11/h11-12,15H,2-10H2,1H3. The maximum atomic E-state index is 12.5. The van der Waals surface area contributed by atoms with Crippen molar-refractivity contribution in [3.63, 3.8) is 0 Å². The topological polar surface area (TPSA) is 32.3 Å². The van der Waals surface area contributed by atoms with Crippen molar-refractivity contribution < 1.29 is 4.79 Å². The molecule has 102 valence electrons. The predicted molar refractivity (Wildman–Crippen MR) is 75.6 cm³/mol. The zero-order valence-corrected chi connectivity index (χ0v) is 12.1. The van der Waals surface area contributed by atoms with Crippen LogP contribution in [-0.2, 0) is 4.79 Å². The molecule has 0 aromatic carbocycles. The molecule has 1 N–H and O–H groups in total. The lowest BCUT2D eigenvalue weighted by Gasteiger charge is -2.30. The molecule has 0 radical (unpaired) electrons. The van der Waals surface area contributed by atoms with Crippen LogP contribution in [0.3, 0.4) is 0 Å². The number of amides is 1. The first-order valence-electron chi connectivity index (χ1n) is 7.42. The van der Waals surface area contributed by atoms with Crippen LogP contribution in [0.1, 0.15) is 45.4 Å². The van der Waals surface area contributed by atoms with Crippen molar-refractivity contribution in [1.29, 1.82) is 0 Å². The lowest BCUT2D eigenvalue weighted by molar-refractivity contribution is -0.131. The Labute approximate surface area is 114 Å². The minimum atomic E-state index is -0.122. The van der Waals surface area contributed by atoms with Gasteiger partial charge in [0.25, 0.3) is 0 Å². The van der Waals surface area contributed by atoms with Crippen molar-refractivity contribution in [2.75, 3.05) is 18.1 Å². The van der Waals surface area contributed by atoms with Gasteiger partial charge in [-0.1, -0.05) is 13.3 Å². The molecule has 2 heterocycles. The highest BCUT2D eigenvalue weighted by Crippen LogP contribution is 2.43. The summed E-state index contributed by atoms with van der Waals surface area (Å²) in [6.45, 7) is 3.21. The molecule has 1 saturated carbocycles. The average molecular weight is 268 g/mol. The first kappa shape index (κ1) is 12.8. The second-order valence-corrected chi connectivity index (χ2v) is 7.27. The molecular weight excluding hydrogens is 244 g/mol. The Kier molecular flexibility index (Phi) is 3.59. The van der Waals surface area contributed by atoms with Crippen LogP contribution in [0.2, 0.25) is 0 Å². The van der Waals surface area contributed by atoms with E-state index in [1.165, 1.54) is 24.3 Å². The Hall–Kier alpha value is -0.220.